The first-order valence-corrected chi connectivity index (χ1v) is 7.52. The molecule has 2 N–H and O–H groups in total. The second-order valence-corrected chi connectivity index (χ2v) is 5.65. The molecule has 1 aliphatic rings. The van der Waals surface area contributed by atoms with E-state index in [9.17, 15) is 4.79 Å². The van der Waals surface area contributed by atoms with Gasteiger partial charge in [-0.1, -0.05) is 0 Å². The van der Waals surface area contributed by atoms with Crippen LogP contribution < -0.4 is 14.8 Å². The number of hydrogen-bond acceptors (Lipinski definition) is 5. The Labute approximate surface area is 134 Å². The summed E-state index contributed by atoms with van der Waals surface area (Å²) in [6.45, 7) is 1.81. The number of benzene rings is 1. The first-order chi connectivity index (χ1) is 11.1. The molecule has 0 bridgehead atoms. The molecule has 1 amide bonds. The van der Waals surface area contributed by atoms with Crippen molar-refractivity contribution in [3.8, 4) is 22.8 Å². The van der Waals surface area contributed by atoms with Gasteiger partial charge in [0.1, 0.15) is 5.69 Å². The first kappa shape index (κ1) is 15.4. The summed E-state index contributed by atoms with van der Waals surface area (Å²) in [7, 11) is 4.02. The highest BCUT2D eigenvalue weighted by molar-refractivity contribution is 5.93. The highest BCUT2D eigenvalue weighted by Gasteiger charge is 2.16. The summed E-state index contributed by atoms with van der Waals surface area (Å²) in [6.07, 6.45) is 0.905. The van der Waals surface area contributed by atoms with E-state index in [1.165, 1.54) is 0 Å². The molecular weight excluding hydrogens is 296 g/mol. The molecule has 0 saturated heterocycles. The summed E-state index contributed by atoms with van der Waals surface area (Å²) in [4.78, 5) is 14.2. The lowest BCUT2D eigenvalue weighted by Gasteiger charge is -2.09. The Hall–Kier alpha value is -2.54. The van der Waals surface area contributed by atoms with Crippen molar-refractivity contribution < 1.29 is 14.3 Å². The molecule has 2 aromatic rings. The van der Waals surface area contributed by atoms with Gasteiger partial charge >= 0.3 is 0 Å². The fourth-order valence-corrected chi connectivity index (χ4v) is 2.33. The fraction of sp³-hybridized carbons (Fsp3) is 0.375. The van der Waals surface area contributed by atoms with Crippen LogP contribution in [0.4, 0.5) is 0 Å². The number of hydrogen-bond donors (Lipinski definition) is 2. The average Bonchev–Trinajstić information content (AvgIpc) is 3.18. The second-order valence-electron chi connectivity index (χ2n) is 5.65. The predicted octanol–water partition coefficient (Wildman–Crippen LogP) is 1.49. The van der Waals surface area contributed by atoms with Crippen molar-refractivity contribution in [3.63, 3.8) is 0 Å². The monoisotopic (exact) mass is 316 g/mol. The largest absolute Gasteiger partial charge is 0.454 e. The lowest BCUT2D eigenvalue weighted by atomic mass is 10.1. The lowest BCUT2D eigenvalue weighted by Crippen LogP contribution is -2.27. The van der Waals surface area contributed by atoms with Gasteiger partial charge in [0.15, 0.2) is 11.5 Å². The quantitative estimate of drug-likeness (QED) is 0.789. The Morgan fingerprint density at radius 2 is 2.13 bits per heavy atom. The van der Waals surface area contributed by atoms with E-state index in [1.54, 1.807) is 6.07 Å². The van der Waals surface area contributed by atoms with Crippen LogP contribution in [0.3, 0.4) is 0 Å². The van der Waals surface area contributed by atoms with Crippen LogP contribution in [0, 0.1) is 0 Å². The Kier molecular flexibility index (Phi) is 4.47. The second kappa shape index (κ2) is 6.70. The molecule has 0 fully saturated rings. The molecule has 23 heavy (non-hydrogen) atoms. The van der Waals surface area contributed by atoms with Gasteiger partial charge in [-0.25, -0.2) is 0 Å². The van der Waals surface area contributed by atoms with Crippen molar-refractivity contribution in [2.75, 3.05) is 34.0 Å². The number of carbonyl (C=O) groups excluding carboxylic acids is 1. The molecule has 1 aliphatic heterocycles. The number of nitrogens with zero attached hydrogens (tertiary/aromatic N) is 2. The Morgan fingerprint density at radius 1 is 1.30 bits per heavy atom. The molecule has 0 radical (unpaired) electrons. The van der Waals surface area contributed by atoms with Gasteiger partial charge in [-0.15, -0.1) is 0 Å². The van der Waals surface area contributed by atoms with Crippen molar-refractivity contribution in [1.82, 2.24) is 20.4 Å². The molecule has 7 nitrogen and oxygen atoms in total. The maximum Gasteiger partial charge on any atom is 0.269 e. The maximum absolute atomic E-state index is 12.1. The zero-order valence-electron chi connectivity index (χ0n) is 13.3. The number of H-pyrrole nitrogens is 1. The van der Waals surface area contributed by atoms with Crippen molar-refractivity contribution in [2.45, 2.75) is 6.42 Å². The highest BCUT2D eigenvalue weighted by atomic mass is 16.7. The first-order valence-electron chi connectivity index (χ1n) is 7.52. The van der Waals surface area contributed by atoms with Crippen LogP contribution in [0.25, 0.3) is 11.3 Å². The molecule has 0 atom stereocenters. The maximum atomic E-state index is 12.1. The number of aromatic nitrogens is 2. The van der Waals surface area contributed by atoms with Crippen molar-refractivity contribution in [2.24, 2.45) is 0 Å². The molecule has 3 rings (SSSR count). The average molecular weight is 316 g/mol. The van der Waals surface area contributed by atoms with Crippen LogP contribution in [0.1, 0.15) is 16.9 Å². The third-order valence-electron chi connectivity index (χ3n) is 3.56. The summed E-state index contributed by atoms with van der Waals surface area (Å²) in [6, 6.07) is 7.33. The van der Waals surface area contributed by atoms with Crippen molar-refractivity contribution in [3.05, 3.63) is 30.0 Å². The van der Waals surface area contributed by atoms with Crippen LogP contribution in [0.5, 0.6) is 11.5 Å². The Bertz CT molecular complexity index is 696. The molecule has 2 heterocycles. The van der Waals surface area contributed by atoms with E-state index in [4.69, 9.17) is 9.47 Å². The van der Waals surface area contributed by atoms with Crippen LogP contribution in [0.15, 0.2) is 24.3 Å². The highest BCUT2D eigenvalue weighted by Crippen LogP contribution is 2.35. The number of nitrogens with one attached hydrogen (secondary N) is 2. The SMILES string of the molecule is CN(C)CCCNC(=O)c1cc(-c2ccc3c(c2)OCO3)n[nH]1. The molecule has 1 aromatic carbocycles. The third kappa shape index (κ3) is 3.62. The van der Waals surface area contributed by atoms with E-state index in [-0.39, 0.29) is 12.7 Å². The smallest absolute Gasteiger partial charge is 0.269 e. The van der Waals surface area contributed by atoms with Gasteiger partial charge in [0.05, 0.1) is 5.69 Å². The van der Waals surface area contributed by atoms with Crippen molar-refractivity contribution >= 4 is 5.91 Å². The lowest BCUT2D eigenvalue weighted by molar-refractivity contribution is 0.0947. The summed E-state index contributed by atoms with van der Waals surface area (Å²) in [5, 5.41) is 9.86. The van der Waals surface area contributed by atoms with E-state index < -0.39 is 0 Å². The van der Waals surface area contributed by atoms with E-state index in [1.807, 2.05) is 32.3 Å². The standard InChI is InChI=1S/C16H20N4O3/c1-20(2)7-3-6-17-16(21)13-9-12(18-19-13)11-4-5-14-15(8-11)23-10-22-14/h4-5,8-9H,3,6-7,10H2,1-2H3,(H,17,21)(H,18,19). The van der Waals surface area contributed by atoms with Gasteiger partial charge in [0.25, 0.3) is 5.91 Å². The van der Waals surface area contributed by atoms with Gasteiger partial charge in [-0.05, 0) is 51.3 Å². The van der Waals surface area contributed by atoms with Crippen LogP contribution in [-0.2, 0) is 0 Å². The van der Waals surface area contributed by atoms with E-state index in [0.717, 1.165) is 24.3 Å². The summed E-state index contributed by atoms with van der Waals surface area (Å²) >= 11 is 0. The van der Waals surface area contributed by atoms with Gasteiger partial charge < -0.3 is 19.7 Å². The number of carbonyl (C=O) groups is 1. The number of rotatable bonds is 6. The van der Waals surface area contributed by atoms with Gasteiger partial charge in [-0.3, -0.25) is 9.89 Å². The molecule has 0 unspecified atom stereocenters. The van der Waals surface area contributed by atoms with Gasteiger partial charge in [0, 0.05) is 12.1 Å². The third-order valence-corrected chi connectivity index (χ3v) is 3.56. The van der Waals surface area contributed by atoms with Gasteiger partial charge in [-0.2, -0.15) is 5.10 Å². The molecule has 1 aromatic heterocycles. The number of aromatic amines is 1. The normalized spacial score (nSPS) is 12.7. The molecule has 122 valence electrons. The topological polar surface area (TPSA) is 79.5 Å². The summed E-state index contributed by atoms with van der Waals surface area (Å²) in [5.41, 5.74) is 2.02. The van der Waals surface area contributed by atoms with E-state index in [2.05, 4.69) is 20.4 Å². The zero-order chi connectivity index (χ0) is 16.2. The minimum Gasteiger partial charge on any atom is -0.454 e. The minimum atomic E-state index is -0.150. The number of fused-ring (bicyclic) bond motifs is 1. The minimum absolute atomic E-state index is 0.150. The molecule has 0 aliphatic carbocycles. The summed E-state index contributed by atoms with van der Waals surface area (Å²) in [5.74, 6) is 1.27. The van der Waals surface area contributed by atoms with E-state index >= 15 is 0 Å². The zero-order valence-corrected chi connectivity index (χ0v) is 13.3. The number of amides is 1. The Morgan fingerprint density at radius 3 is 2.96 bits per heavy atom. The molecular formula is C16H20N4O3. The molecule has 0 spiro atoms. The van der Waals surface area contributed by atoms with Crippen LogP contribution in [-0.4, -0.2) is 55.0 Å². The van der Waals surface area contributed by atoms with Crippen LogP contribution in [0.2, 0.25) is 0 Å². The summed E-state index contributed by atoms with van der Waals surface area (Å²) < 4.78 is 10.6. The fourth-order valence-electron chi connectivity index (χ4n) is 2.33. The Balaban J connectivity index is 1.62. The molecule has 0 saturated carbocycles. The van der Waals surface area contributed by atoms with Crippen LogP contribution >= 0.6 is 0 Å². The van der Waals surface area contributed by atoms with E-state index in [0.29, 0.717) is 23.7 Å². The number of ether oxygens (including phenoxy) is 2. The molecule has 7 heteroatoms. The van der Waals surface area contributed by atoms with Crippen molar-refractivity contribution in [1.29, 1.82) is 0 Å². The van der Waals surface area contributed by atoms with Gasteiger partial charge in [0.2, 0.25) is 6.79 Å². The predicted molar refractivity (Wildman–Crippen MR) is 85.7 cm³/mol.